The summed E-state index contributed by atoms with van der Waals surface area (Å²) in [5.74, 6) is -4.12. The highest BCUT2D eigenvalue weighted by atomic mass is 19.4. The van der Waals surface area contributed by atoms with Crippen molar-refractivity contribution in [3.05, 3.63) is 17.9 Å². The molecule has 0 aliphatic carbocycles. The van der Waals surface area contributed by atoms with Crippen molar-refractivity contribution < 1.29 is 40.7 Å². The minimum absolute atomic E-state index is 0.145. The van der Waals surface area contributed by atoms with Crippen molar-refractivity contribution in [2.24, 2.45) is 5.10 Å². The lowest BCUT2D eigenvalue weighted by molar-refractivity contribution is -0.192. The SMILES string of the molecule is C#CCN1C(=O)C(F)(F)Oc2cc(F)c(N/N=C\C(=O)C(F)(F)F)cc21. The summed E-state index contributed by atoms with van der Waals surface area (Å²) in [6.07, 6.45) is -4.59. The zero-order valence-corrected chi connectivity index (χ0v) is 12.4. The molecule has 0 saturated carbocycles. The van der Waals surface area contributed by atoms with Gasteiger partial charge in [0.2, 0.25) is 0 Å². The van der Waals surface area contributed by atoms with Gasteiger partial charge >= 0.3 is 18.2 Å². The Labute approximate surface area is 141 Å². The number of hydrogen-bond acceptors (Lipinski definition) is 5. The number of anilines is 2. The number of amides is 1. The van der Waals surface area contributed by atoms with Crippen LogP contribution >= 0.6 is 0 Å². The number of carbonyl (C=O) groups excluding carboxylic acids is 2. The fraction of sp³-hybridized carbons (Fsp3) is 0.214. The van der Waals surface area contributed by atoms with Crippen molar-refractivity contribution in [2.45, 2.75) is 12.3 Å². The van der Waals surface area contributed by atoms with Gasteiger partial charge in [0.25, 0.3) is 5.78 Å². The summed E-state index contributed by atoms with van der Waals surface area (Å²) in [7, 11) is 0. The normalized spacial score (nSPS) is 16.0. The summed E-state index contributed by atoms with van der Waals surface area (Å²) in [6, 6.07) is 1.23. The van der Waals surface area contributed by atoms with Crippen LogP contribution in [0.15, 0.2) is 17.2 Å². The summed E-state index contributed by atoms with van der Waals surface area (Å²) in [6.45, 7) is -0.605. The molecule has 0 unspecified atom stereocenters. The molecule has 1 N–H and O–H groups in total. The molecular formula is C14H7F6N3O3. The molecule has 2 rings (SSSR count). The third-order valence-electron chi connectivity index (χ3n) is 2.97. The van der Waals surface area contributed by atoms with Gasteiger partial charge in [0.1, 0.15) is 0 Å². The first kappa shape index (κ1) is 19.1. The molecule has 138 valence electrons. The lowest BCUT2D eigenvalue weighted by Crippen LogP contribution is -2.51. The number of nitrogens with one attached hydrogen (secondary N) is 1. The molecule has 1 aliphatic rings. The number of alkyl halides is 5. The molecule has 0 saturated heterocycles. The minimum Gasteiger partial charge on any atom is -0.423 e. The lowest BCUT2D eigenvalue weighted by Gasteiger charge is -2.32. The Bertz CT molecular complexity index is 828. The molecule has 1 aromatic rings. The second-order valence-electron chi connectivity index (χ2n) is 4.75. The number of hydrazone groups is 1. The van der Waals surface area contributed by atoms with Gasteiger partial charge in [0, 0.05) is 6.07 Å². The number of rotatable bonds is 4. The predicted octanol–water partition coefficient (Wildman–Crippen LogP) is 2.31. The highest BCUT2D eigenvalue weighted by molar-refractivity contribution is 6.30. The van der Waals surface area contributed by atoms with Crippen LogP contribution < -0.4 is 15.1 Å². The molecule has 0 bridgehead atoms. The third kappa shape index (κ3) is 3.71. The fourth-order valence-corrected chi connectivity index (χ4v) is 1.85. The maximum absolute atomic E-state index is 13.9. The summed E-state index contributed by atoms with van der Waals surface area (Å²) in [5, 5.41) is 2.92. The van der Waals surface area contributed by atoms with Gasteiger partial charge in [-0.25, -0.2) is 4.39 Å². The van der Waals surface area contributed by atoms with Gasteiger partial charge in [-0.1, -0.05) is 5.92 Å². The van der Waals surface area contributed by atoms with E-state index in [4.69, 9.17) is 6.42 Å². The molecule has 12 heteroatoms. The molecule has 26 heavy (non-hydrogen) atoms. The predicted molar refractivity (Wildman–Crippen MR) is 76.3 cm³/mol. The maximum atomic E-state index is 13.9. The minimum atomic E-state index is -5.17. The van der Waals surface area contributed by atoms with Crippen LogP contribution in [0.4, 0.5) is 37.7 Å². The van der Waals surface area contributed by atoms with Crippen LogP contribution in [0.1, 0.15) is 0 Å². The molecule has 0 aromatic heterocycles. The summed E-state index contributed by atoms with van der Waals surface area (Å²) in [4.78, 5) is 22.7. The maximum Gasteiger partial charge on any atom is 0.483 e. The van der Waals surface area contributed by atoms with Gasteiger partial charge in [-0.2, -0.15) is 27.1 Å². The summed E-state index contributed by atoms with van der Waals surface area (Å²) < 4.78 is 81.1. The van der Waals surface area contributed by atoms with E-state index in [1.54, 1.807) is 5.43 Å². The molecule has 1 heterocycles. The second kappa shape index (κ2) is 6.58. The van der Waals surface area contributed by atoms with E-state index in [0.29, 0.717) is 11.0 Å². The van der Waals surface area contributed by atoms with E-state index in [-0.39, 0.29) is 11.9 Å². The standard InChI is InChI=1S/C14H7F6N3O3/c1-2-3-23-9-5-8(22-21-6-11(24)13(16,17)18)7(15)4-10(9)26-14(19,20)12(23)25/h1,4-6,22H,3H2/b21-6-. The molecular weight excluding hydrogens is 372 g/mol. The number of Topliss-reactive ketones (excluding diaryl/α,β-unsaturated/α-hetero) is 1. The van der Waals surface area contributed by atoms with Crippen molar-refractivity contribution in [3.63, 3.8) is 0 Å². The second-order valence-corrected chi connectivity index (χ2v) is 4.75. The number of halogens is 6. The van der Waals surface area contributed by atoms with Crippen LogP contribution in [0.25, 0.3) is 0 Å². The van der Waals surface area contributed by atoms with Crippen molar-refractivity contribution >= 4 is 29.3 Å². The van der Waals surface area contributed by atoms with Crippen LogP contribution in [-0.4, -0.2) is 36.7 Å². The summed E-state index contributed by atoms with van der Waals surface area (Å²) in [5.41, 5.74) is 0.832. The number of fused-ring (bicyclic) bond motifs is 1. The Balaban J connectivity index is 2.36. The third-order valence-corrected chi connectivity index (χ3v) is 2.97. The van der Waals surface area contributed by atoms with E-state index in [1.807, 2.05) is 5.92 Å². The molecule has 6 nitrogen and oxygen atoms in total. The van der Waals surface area contributed by atoms with Crippen LogP contribution in [0.2, 0.25) is 0 Å². The van der Waals surface area contributed by atoms with Crippen molar-refractivity contribution in [1.29, 1.82) is 0 Å². The van der Waals surface area contributed by atoms with E-state index in [1.165, 1.54) is 0 Å². The fourth-order valence-electron chi connectivity index (χ4n) is 1.85. The number of nitrogens with zero attached hydrogens (tertiary/aromatic N) is 2. The molecule has 0 radical (unpaired) electrons. The van der Waals surface area contributed by atoms with E-state index < -0.39 is 47.8 Å². The number of ether oxygens (including phenoxy) is 1. The van der Waals surface area contributed by atoms with E-state index >= 15 is 0 Å². The first-order valence-corrected chi connectivity index (χ1v) is 6.53. The number of benzene rings is 1. The van der Waals surface area contributed by atoms with Crippen LogP contribution in [0.3, 0.4) is 0 Å². The van der Waals surface area contributed by atoms with Crippen molar-refractivity contribution in [3.8, 4) is 18.1 Å². The summed E-state index contributed by atoms with van der Waals surface area (Å²) >= 11 is 0. The van der Waals surface area contributed by atoms with Crippen LogP contribution in [-0.2, 0) is 9.59 Å². The van der Waals surface area contributed by atoms with E-state index in [9.17, 15) is 35.9 Å². The Kier molecular flexibility index (Phi) is 4.84. The topological polar surface area (TPSA) is 71.0 Å². The average molecular weight is 379 g/mol. The number of carbonyl (C=O) groups is 2. The van der Waals surface area contributed by atoms with Crippen molar-refractivity contribution in [1.82, 2.24) is 0 Å². The zero-order chi connectivity index (χ0) is 19.7. The molecule has 0 fully saturated rings. The zero-order valence-electron chi connectivity index (χ0n) is 12.4. The number of terminal acetylenes is 1. The first-order valence-electron chi connectivity index (χ1n) is 6.53. The van der Waals surface area contributed by atoms with Crippen LogP contribution in [0, 0.1) is 18.2 Å². The van der Waals surface area contributed by atoms with Gasteiger partial charge in [0.05, 0.1) is 24.1 Å². The van der Waals surface area contributed by atoms with Gasteiger partial charge in [-0.15, -0.1) is 6.42 Å². The van der Waals surface area contributed by atoms with Crippen LogP contribution in [0.5, 0.6) is 5.75 Å². The van der Waals surface area contributed by atoms with Crippen molar-refractivity contribution in [2.75, 3.05) is 16.9 Å². The largest absolute Gasteiger partial charge is 0.483 e. The Morgan fingerprint density at radius 2 is 2.08 bits per heavy atom. The molecule has 1 amide bonds. The number of ketones is 1. The Morgan fingerprint density at radius 1 is 1.42 bits per heavy atom. The first-order chi connectivity index (χ1) is 12.0. The molecule has 0 spiro atoms. The van der Waals surface area contributed by atoms with Gasteiger partial charge < -0.3 is 4.74 Å². The van der Waals surface area contributed by atoms with E-state index in [0.717, 1.165) is 6.07 Å². The quantitative estimate of drug-likeness (QED) is 0.377. The van der Waals surface area contributed by atoms with Gasteiger partial charge in [-0.05, 0) is 6.07 Å². The highest BCUT2D eigenvalue weighted by Gasteiger charge is 2.50. The monoisotopic (exact) mass is 379 g/mol. The number of hydrogen-bond donors (Lipinski definition) is 1. The highest BCUT2D eigenvalue weighted by Crippen LogP contribution is 2.41. The van der Waals surface area contributed by atoms with Gasteiger partial charge in [0.15, 0.2) is 11.6 Å². The lowest BCUT2D eigenvalue weighted by atomic mass is 10.2. The van der Waals surface area contributed by atoms with E-state index in [2.05, 4.69) is 9.84 Å². The smallest absolute Gasteiger partial charge is 0.423 e. The molecule has 1 aromatic carbocycles. The average Bonchev–Trinajstić information content (AvgIpc) is 2.51. The Hall–Kier alpha value is -3.23. The van der Waals surface area contributed by atoms with Gasteiger partial charge in [-0.3, -0.25) is 19.9 Å². The molecule has 1 aliphatic heterocycles. The molecule has 0 atom stereocenters. The Morgan fingerprint density at radius 3 is 2.65 bits per heavy atom.